The van der Waals surface area contributed by atoms with E-state index in [1.165, 1.54) is 4.90 Å². The quantitative estimate of drug-likeness (QED) is 0.239. The van der Waals surface area contributed by atoms with Crippen LogP contribution in [-0.2, 0) is 14.4 Å². The Hall–Kier alpha value is -1.69. The minimum atomic E-state index is -1.61. The number of hydrogen-bond acceptors (Lipinski definition) is 7. The van der Waals surface area contributed by atoms with Gasteiger partial charge in [-0.15, -0.1) is 0 Å². The van der Waals surface area contributed by atoms with Crippen LogP contribution in [0.3, 0.4) is 0 Å². The van der Waals surface area contributed by atoms with Crippen LogP contribution in [0.15, 0.2) is 0 Å². The highest BCUT2D eigenvalue weighted by Gasteiger charge is 2.50. The lowest BCUT2D eigenvalue weighted by molar-refractivity contribution is -0.144. The van der Waals surface area contributed by atoms with Gasteiger partial charge in [-0.25, -0.2) is 0 Å². The zero-order valence-corrected chi connectivity index (χ0v) is 13.4. The second kappa shape index (κ2) is 8.42. The average molecular weight is 344 g/mol. The second-order valence-corrected chi connectivity index (χ2v) is 6.28. The maximum absolute atomic E-state index is 12.3. The molecule has 0 aromatic heterocycles. The van der Waals surface area contributed by atoms with E-state index >= 15 is 0 Å². The van der Waals surface area contributed by atoms with Gasteiger partial charge < -0.3 is 37.3 Å². The van der Waals surface area contributed by atoms with Crippen molar-refractivity contribution in [2.45, 2.75) is 43.6 Å². The molecule has 1 aliphatic heterocycles. The maximum atomic E-state index is 12.3. The van der Waals surface area contributed by atoms with Crippen LogP contribution in [0, 0.1) is 5.92 Å². The number of likely N-dealkylation sites (tertiary alicyclic amines) is 1. The highest BCUT2D eigenvalue weighted by atomic mass is 16.4. The summed E-state index contributed by atoms with van der Waals surface area (Å²) in [6.45, 7) is -0.0643. The second-order valence-electron chi connectivity index (χ2n) is 6.28. The van der Waals surface area contributed by atoms with Gasteiger partial charge in [0.1, 0.15) is 5.54 Å². The molecule has 1 fully saturated rings. The summed E-state index contributed by atoms with van der Waals surface area (Å²) in [5.74, 6) is -2.80. The molecule has 1 saturated heterocycles. The van der Waals surface area contributed by atoms with Gasteiger partial charge >= 0.3 is 13.1 Å². The van der Waals surface area contributed by atoms with Gasteiger partial charge in [0.05, 0.1) is 6.04 Å². The number of carbonyl (C=O) groups excluding carboxylic acids is 2. The van der Waals surface area contributed by atoms with Crippen LogP contribution < -0.4 is 17.2 Å². The van der Waals surface area contributed by atoms with Crippen molar-refractivity contribution in [3.8, 4) is 0 Å². The lowest BCUT2D eigenvalue weighted by atomic mass is 9.78. The molecule has 9 N–H and O–H groups in total. The van der Waals surface area contributed by atoms with Gasteiger partial charge in [0.2, 0.25) is 11.8 Å². The number of carboxylic acids is 1. The van der Waals surface area contributed by atoms with Gasteiger partial charge in [0.25, 0.3) is 0 Å². The third kappa shape index (κ3) is 5.16. The van der Waals surface area contributed by atoms with Crippen LogP contribution >= 0.6 is 0 Å². The standard InChI is InChI=1S/C13H25BN4O6/c15-9(3-4-10(16)19)11(20)18-6-8(2-1-5-14(23)24)13(17,7-18)12(21)22/h8-9,23-24H,1-7,15,17H2,(H2,16,19)(H,21,22)/t8-,9-,13-/m0/s1. The Kier molecular flexibility index (Phi) is 7.15. The molecule has 2 amide bonds. The molecule has 0 saturated carbocycles. The third-order valence-electron chi connectivity index (χ3n) is 4.37. The first kappa shape index (κ1) is 20.4. The normalized spacial score (nSPS) is 24.7. The molecule has 1 rings (SSSR count). The number of rotatable bonds is 9. The van der Waals surface area contributed by atoms with Crippen molar-refractivity contribution < 1.29 is 29.5 Å². The summed E-state index contributed by atoms with van der Waals surface area (Å²) in [5.41, 5.74) is 15.1. The number of carboxylic acid groups (broad SMARTS) is 1. The van der Waals surface area contributed by atoms with Crippen molar-refractivity contribution in [2.24, 2.45) is 23.1 Å². The van der Waals surface area contributed by atoms with Gasteiger partial charge in [-0.1, -0.05) is 6.42 Å². The fourth-order valence-corrected chi connectivity index (χ4v) is 2.90. The van der Waals surface area contributed by atoms with E-state index in [-0.39, 0.29) is 32.3 Å². The maximum Gasteiger partial charge on any atom is 0.451 e. The number of aliphatic carboxylic acids is 1. The van der Waals surface area contributed by atoms with E-state index in [4.69, 9.17) is 27.2 Å². The van der Waals surface area contributed by atoms with E-state index in [2.05, 4.69) is 0 Å². The van der Waals surface area contributed by atoms with Gasteiger partial charge in [-0.05, 0) is 19.2 Å². The Bertz CT molecular complexity index is 491. The van der Waals surface area contributed by atoms with Gasteiger partial charge in [-0.3, -0.25) is 14.4 Å². The molecule has 11 heteroatoms. The Labute approximate surface area is 140 Å². The first-order valence-corrected chi connectivity index (χ1v) is 7.79. The minimum Gasteiger partial charge on any atom is -0.480 e. The molecule has 0 bridgehead atoms. The highest BCUT2D eigenvalue weighted by Crippen LogP contribution is 2.31. The molecule has 0 aromatic carbocycles. The number of carbonyl (C=O) groups is 3. The van der Waals surface area contributed by atoms with Crippen molar-refractivity contribution in [1.29, 1.82) is 0 Å². The molecular weight excluding hydrogens is 319 g/mol. The van der Waals surface area contributed by atoms with Crippen LogP contribution in [-0.4, -0.2) is 69.6 Å². The molecule has 0 aromatic rings. The lowest BCUT2D eigenvalue weighted by Crippen LogP contribution is -2.55. The van der Waals surface area contributed by atoms with Gasteiger partial charge in [0, 0.05) is 25.4 Å². The van der Waals surface area contributed by atoms with Crippen LogP contribution in [0.25, 0.3) is 0 Å². The number of primary amides is 1. The molecule has 10 nitrogen and oxygen atoms in total. The zero-order valence-electron chi connectivity index (χ0n) is 13.4. The molecule has 0 aliphatic carbocycles. The van der Waals surface area contributed by atoms with Gasteiger partial charge in [0.15, 0.2) is 0 Å². The summed E-state index contributed by atoms with van der Waals surface area (Å²) in [5, 5.41) is 27.2. The zero-order chi connectivity index (χ0) is 18.5. The monoisotopic (exact) mass is 344 g/mol. The molecule has 24 heavy (non-hydrogen) atoms. The van der Waals surface area contributed by atoms with Crippen molar-refractivity contribution >= 4 is 24.9 Å². The van der Waals surface area contributed by atoms with Crippen LogP contribution in [0.4, 0.5) is 0 Å². The van der Waals surface area contributed by atoms with E-state index in [0.717, 1.165) is 0 Å². The summed E-state index contributed by atoms with van der Waals surface area (Å²) in [7, 11) is -1.47. The molecule has 0 unspecified atom stereocenters. The first-order valence-electron chi connectivity index (χ1n) is 7.79. The molecular formula is C13H25BN4O6. The summed E-state index contributed by atoms with van der Waals surface area (Å²) >= 11 is 0. The predicted octanol–water partition coefficient (Wildman–Crippen LogP) is -2.93. The van der Waals surface area contributed by atoms with Crippen molar-refractivity contribution in [1.82, 2.24) is 4.90 Å². The van der Waals surface area contributed by atoms with Gasteiger partial charge in [-0.2, -0.15) is 0 Å². The molecule has 1 heterocycles. The summed E-state index contributed by atoms with van der Waals surface area (Å²) in [6.07, 6.45) is 0.839. The molecule has 0 spiro atoms. The van der Waals surface area contributed by atoms with Crippen LogP contribution in [0.2, 0.25) is 6.32 Å². The molecule has 0 radical (unpaired) electrons. The van der Waals surface area contributed by atoms with Crippen molar-refractivity contribution in [2.75, 3.05) is 13.1 Å². The highest BCUT2D eigenvalue weighted by molar-refractivity contribution is 6.40. The van der Waals surface area contributed by atoms with E-state index < -0.39 is 42.4 Å². The Balaban J connectivity index is 2.72. The predicted molar refractivity (Wildman–Crippen MR) is 85.3 cm³/mol. The average Bonchev–Trinajstić information content (AvgIpc) is 2.82. The Morgan fingerprint density at radius 3 is 2.46 bits per heavy atom. The largest absolute Gasteiger partial charge is 0.480 e. The minimum absolute atomic E-state index is 0.0364. The number of hydrogen-bond donors (Lipinski definition) is 6. The van der Waals surface area contributed by atoms with E-state index in [9.17, 15) is 19.5 Å². The number of amides is 2. The topological polar surface area (TPSA) is 193 Å². The van der Waals surface area contributed by atoms with E-state index in [1.807, 2.05) is 0 Å². The summed E-state index contributed by atoms with van der Waals surface area (Å²) < 4.78 is 0. The molecule has 136 valence electrons. The van der Waals surface area contributed by atoms with Crippen molar-refractivity contribution in [3.63, 3.8) is 0 Å². The van der Waals surface area contributed by atoms with E-state index in [0.29, 0.717) is 12.8 Å². The lowest BCUT2D eigenvalue weighted by Gasteiger charge is -2.25. The molecule has 1 aliphatic rings. The number of nitrogens with two attached hydrogens (primary N) is 3. The third-order valence-corrected chi connectivity index (χ3v) is 4.37. The Morgan fingerprint density at radius 1 is 1.33 bits per heavy atom. The smallest absolute Gasteiger partial charge is 0.451 e. The Morgan fingerprint density at radius 2 is 1.96 bits per heavy atom. The van der Waals surface area contributed by atoms with Crippen molar-refractivity contribution in [3.05, 3.63) is 0 Å². The fourth-order valence-electron chi connectivity index (χ4n) is 2.90. The van der Waals surface area contributed by atoms with E-state index in [1.54, 1.807) is 0 Å². The fraction of sp³-hybridized carbons (Fsp3) is 0.769. The number of nitrogens with zero attached hydrogens (tertiary/aromatic N) is 1. The first-order chi connectivity index (χ1) is 11.1. The summed E-state index contributed by atoms with van der Waals surface area (Å²) in [4.78, 5) is 35.9. The van der Waals surface area contributed by atoms with Crippen LogP contribution in [0.5, 0.6) is 0 Å². The van der Waals surface area contributed by atoms with Crippen LogP contribution in [0.1, 0.15) is 25.7 Å². The summed E-state index contributed by atoms with van der Waals surface area (Å²) in [6, 6.07) is -0.950. The SMILES string of the molecule is NC(=O)CC[C@H](N)C(=O)N1C[C@H](CCCB(O)O)[C@](N)(C(=O)O)C1. The molecule has 3 atom stereocenters.